The van der Waals surface area contributed by atoms with Crippen molar-refractivity contribution in [1.29, 1.82) is 0 Å². The predicted molar refractivity (Wildman–Crippen MR) is 72.9 cm³/mol. The van der Waals surface area contributed by atoms with Gasteiger partial charge >= 0.3 is 0 Å². The first kappa shape index (κ1) is 12.8. The Morgan fingerprint density at radius 1 is 1.00 bits per heavy atom. The lowest BCUT2D eigenvalue weighted by Gasteiger charge is -2.16. The second kappa shape index (κ2) is 5.78. The normalized spacial score (nSPS) is 12.4. The van der Waals surface area contributed by atoms with Crippen LogP contribution < -0.4 is 5.73 Å². The minimum Gasteiger partial charge on any atom is -0.324 e. The lowest BCUT2D eigenvalue weighted by Crippen LogP contribution is -2.16. The molecule has 1 unspecified atom stereocenters. The lowest BCUT2D eigenvalue weighted by atomic mass is 9.94. The van der Waals surface area contributed by atoms with Gasteiger partial charge < -0.3 is 5.73 Å². The van der Waals surface area contributed by atoms with Gasteiger partial charge in [-0.25, -0.2) is 4.39 Å². The summed E-state index contributed by atoms with van der Waals surface area (Å²) in [5.74, 6) is -0.179. The van der Waals surface area contributed by atoms with E-state index in [1.165, 1.54) is 11.6 Å². The summed E-state index contributed by atoms with van der Waals surface area (Å²) in [7, 11) is 0. The minimum atomic E-state index is -0.179. The Hall–Kier alpha value is -1.67. The zero-order chi connectivity index (χ0) is 13.0. The zero-order valence-electron chi connectivity index (χ0n) is 10.6. The van der Waals surface area contributed by atoms with Crippen LogP contribution >= 0.6 is 0 Å². The molecular formula is C16H18FN. The molecule has 0 aromatic heterocycles. The molecule has 0 spiro atoms. The SMILES string of the molecule is CCc1ccccc1C(N)Cc1ccccc1F. The quantitative estimate of drug-likeness (QED) is 0.871. The van der Waals surface area contributed by atoms with E-state index in [2.05, 4.69) is 13.0 Å². The Bertz CT molecular complexity index is 522. The lowest BCUT2D eigenvalue weighted by molar-refractivity contribution is 0.592. The van der Waals surface area contributed by atoms with Gasteiger partial charge in [0.25, 0.3) is 0 Å². The molecule has 2 aromatic carbocycles. The van der Waals surface area contributed by atoms with E-state index in [9.17, 15) is 4.39 Å². The van der Waals surface area contributed by atoms with Crippen molar-refractivity contribution in [2.75, 3.05) is 0 Å². The molecule has 0 fully saturated rings. The largest absolute Gasteiger partial charge is 0.324 e. The molecule has 0 radical (unpaired) electrons. The van der Waals surface area contributed by atoms with Crippen molar-refractivity contribution in [3.8, 4) is 0 Å². The van der Waals surface area contributed by atoms with Crippen molar-refractivity contribution in [2.45, 2.75) is 25.8 Å². The molecule has 0 heterocycles. The Labute approximate surface area is 107 Å². The molecule has 2 rings (SSSR count). The van der Waals surface area contributed by atoms with Crippen molar-refractivity contribution in [1.82, 2.24) is 0 Å². The maximum absolute atomic E-state index is 13.6. The summed E-state index contributed by atoms with van der Waals surface area (Å²) in [5, 5.41) is 0. The number of hydrogen-bond acceptors (Lipinski definition) is 1. The molecule has 0 saturated carbocycles. The van der Waals surface area contributed by atoms with E-state index >= 15 is 0 Å². The Morgan fingerprint density at radius 2 is 1.61 bits per heavy atom. The van der Waals surface area contributed by atoms with Crippen LogP contribution in [0.3, 0.4) is 0 Å². The molecule has 0 aliphatic rings. The van der Waals surface area contributed by atoms with Crippen molar-refractivity contribution >= 4 is 0 Å². The number of benzene rings is 2. The van der Waals surface area contributed by atoms with Crippen LogP contribution in [0.1, 0.15) is 29.7 Å². The summed E-state index contributed by atoms with van der Waals surface area (Å²) in [6.07, 6.45) is 1.48. The highest BCUT2D eigenvalue weighted by Crippen LogP contribution is 2.21. The number of nitrogens with two attached hydrogens (primary N) is 1. The summed E-state index contributed by atoms with van der Waals surface area (Å²) in [6, 6.07) is 14.8. The van der Waals surface area contributed by atoms with Gasteiger partial charge in [-0.05, 0) is 35.6 Å². The van der Waals surface area contributed by atoms with E-state index in [-0.39, 0.29) is 11.9 Å². The first-order valence-corrected chi connectivity index (χ1v) is 6.29. The van der Waals surface area contributed by atoms with Crippen molar-refractivity contribution in [3.05, 3.63) is 71.0 Å². The number of rotatable bonds is 4. The van der Waals surface area contributed by atoms with Crippen LogP contribution in [0.5, 0.6) is 0 Å². The second-order valence-corrected chi connectivity index (χ2v) is 4.45. The molecule has 18 heavy (non-hydrogen) atoms. The third-order valence-corrected chi connectivity index (χ3v) is 3.23. The van der Waals surface area contributed by atoms with E-state index in [1.54, 1.807) is 12.1 Å². The monoisotopic (exact) mass is 243 g/mol. The summed E-state index contributed by atoms with van der Waals surface area (Å²) < 4.78 is 13.6. The van der Waals surface area contributed by atoms with E-state index in [4.69, 9.17) is 5.73 Å². The second-order valence-electron chi connectivity index (χ2n) is 4.45. The first-order valence-electron chi connectivity index (χ1n) is 6.29. The van der Waals surface area contributed by atoms with Crippen LogP contribution in [0.25, 0.3) is 0 Å². The van der Waals surface area contributed by atoms with Gasteiger partial charge in [-0.3, -0.25) is 0 Å². The molecule has 2 aromatic rings. The summed E-state index contributed by atoms with van der Waals surface area (Å²) in [5.41, 5.74) is 9.23. The van der Waals surface area contributed by atoms with E-state index in [1.807, 2.05) is 24.3 Å². The van der Waals surface area contributed by atoms with E-state index < -0.39 is 0 Å². The zero-order valence-corrected chi connectivity index (χ0v) is 10.6. The average molecular weight is 243 g/mol. The third kappa shape index (κ3) is 2.77. The topological polar surface area (TPSA) is 26.0 Å². The van der Waals surface area contributed by atoms with Crippen molar-refractivity contribution in [2.24, 2.45) is 5.73 Å². The Balaban J connectivity index is 2.22. The highest BCUT2D eigenvalue weighted by atomic mass is 19.1. The highest BCUT2D eigenvalue weighted by molar-refractivity contribution is 5.31. The molecule has 1 nitrogen and oxygen atoms in total. The number of halogens is 1. The molecule has 0 saturated heterocycles. The predicted octanol–water partition coefficient (Wildman–Crippen LogP) is 3.63. The van der Waals surface area contributed by atoms with Gasteiger partial charge in [0.05, 0.1) is 0 Å². The molecule has 2 heteroatoms. The molecule has 2 N–H and O–H groups in total. The van der Waals surface area contributed by atoms with Crippen molar-refractivity contribution in [3.63, 3.8) is 0 Å². The smallest absolute Gasteiger partial charge is 0.126 e. The van der Waals surface area contributed by atoms with Crippen LogP contribution in [0.4, 0.5) is 4.39 Å². The highest BCUT2D eigenvalue weighted by Gasteiger charge is 2.12. The third-order valence-electron chi connectivity index (χ3n) is 3.23. The van der Waals surface area contributed by atoms with E-state index in [0.717, 1.165) is 12.0 Å². The number of hydrogen-bond donors (Lipinski definition) is 1. The van der Waals surface area contributed by atoms with Crippen molar-refractivity contribution < 1.29 is 4.39 Å². The van der Waals surface area contributed by atoms with Gasteiger partial charge in [-0.15, -0.1) is 0 Å². The standard InChI is InChI=1S/C16H18FN/c1-2-12-7-3-5-9-14(12)16(18)11-13-8-4-6-10-15(13)17/h3-10,16H,2,11,18H2,1H3. The van der Waals surface area contributed by atoms with Gasteiger partial charge in [0, 0.05) is 6.04 Å². The Morgan fingerprint density at radius 3 is 2.28 bits per heavy atom. The maximum atomic E-state index is 13.6. The molecule has 0 aliphatic heterocycles. The average Bonchev–Trinajstić information content (AvgIpc) is 2.41. The van der Waals surface area contributed by atoms with Gasteiger partial charge in [0.15, 0.2) is 0 Å². The summed E-state index contributed by atoms with van der Waals surface area (Å²) >= 11 is 0. The Kier molecular flexibility index (Phi) is 4.11. The fraction of sp³-hybridized carbons (Fsp3) is 0.250. The fourth-order valence-corrected chi connectivity index (χ4v) is 2.23. The van der Waals surface area contributed by atoms with Crippen LogP contribution in [0.15, 0.2) is 48.5 Å². The molecular weight excluding hydrogens is 225 g/mol. The first-order chi connectivity index (χ1) is 8.72. The van der Waals surface area contributed by atoms with Crippen LogP contribution in [-0.2, 0) is 12.8 Å². The van der Waals surface area contributed by atoms with Crippen LogP contribution in [0, 0.1) is 5.82 Å². The molecule has 0 bridgehead atoms. The molecule has 1 atom stereocenters. The van der Waals surface area contributed by atoms with Crippen LogP contribution in [-0.4, -0.2) is 0 Å². The van der Waals surface area contributed by atoms with Crippen LogP contribution in [0.2, 0.25) is 0 Å². The molecule has 0 aliphatic carbocycles. The molecule has 0 amide bonds. The minimum absolute atomic E-state index is 0.155. The molecule has 94 valence electrons. The van der Waals surface area contributed by atoms with Gasteiger partial charge in [0.2, 0.25) is 0 Å². The maximum Gasteiger partial charge on any atom is 0.126 e. The van der Waals surface area contributed by atoms with Gasteiger partial charge in [-0.1, -0.05) is 49.4 Å². The summed E-state index contributed by atoms with van der Waals surface area (Å²) in [6.45, 7) is 2.11. The van der Waals surface area contributed by atoms with E-state index in [0.29, 0.717) is 12.0 Å². The van der Waals surface area contributed by atoms with Gasteiger partial charge in [0.1, 0.15) is 5.82 Å². The van der Waals surface area contributed by atoms with Gasteiger partial charge in [-0.2, -0.15) is 0 Å². The number of aryl methyl sites for hydroxylation is 1. The fourth-order valence-electron chi connectivity index (χ4n) is 2.23. The summed E-state index contributed by atoms with van der Waals surface area (Å²) in [4.78, 5) is 0.